The summed E-state index contributed by atoms with van der Waals surface area (Å²) in [5.41, 5.74) is 5.56. The van der Waals surface area contributed by atoms with Crippen molar-refractivity contribution in [1.82, 2.24) is 14.8 Å². The zero-order valence-corrected chi connectivity index (χ0v) is 20.9. The molecular formula is C30H31N3O3. The second-order valence-electron chi connectivity index (χ2n) is 9.42. The molecule has 184 valence electrons. The number of hydrogen-bond acceptors (Lipinski definition) is 3. The second kappa shape index (κ2) is 9.99. The van der Waals surface area contributed by atoms with Crippen molar-refractivity contribution in [3.8, 4) is 0 Å². The zero-order chi connectivity index (χ0) is 25.2. The second-order valence-corrected chi connectivity index (χ2v) is 9.42. The molecule has 6 heteroatoms. The molecule has 0 radical (unpaired) electrons. The normalized spacial score (nSPS) is 17.3. The van der Waals surface area contributed by atoms with Crippen molar-refractivity contribution in [3.63, 3.8) is 0 Å². The first-order valence-corrected chi connectivity index (χ1v) is 12.3. The molecule has 0 spiro atoms. The number of nitrogens with zero attached hydrogens (tertiary/aromatic N) is 2. The van der Waals surface area contributed by atoms with E-state index in [4.69, 9.17) is 4.74 Å². The Hall–Kier alpha value is -3.90. The molecule has 1 aliphatic heterocycles. The number of aryl methyl sites for hydroxylation is 2. The fraction of sp³-hybridized carbons (Fsp3) is 0.267. The molecule has 1 N–H and O–H groups in total. The van der Waals surface area contributed by atoms with Gasteiger partial charge < -0.3 is 19.5 Å². The molecule has 0 aliphatic carbocycles. The summed E-state index contributed by atoms with van der Waals surface area (Å²) < 4.78 is 7.43. The minimum atomic E-state index is -0.563. The van der Waals surface area contributed by atoms with Crippen LogP contribution in [0.3, 0.4) is 0 Å². The van der Waals surface area contributed by atoms with Crippen LogP contribution < -0.4 is 5.32 Å². The number of ether oxygens (including phenoxy) is 1. The van der Waals surface area contributed by atoms with Gasteiger partial charge in [-0.1, -0.05) is 66.2 Å². The maximum atomic E-state index is 14.0. The molecule has 1 aromatic heterocycles. The lowest BCUT2D eigenvalue weighted by Crippen LogP contribution is -2.48. The van der Waals surface area contributed by atoms with Crippen molar-refractivity contribution < 1.29 is 14.3 Å². The Bertz CT molecular complexity index is 1410. The van der Waals surface area contributed by atoms with Gasteiger partial charge in [-0.05, 0) is 30.2 Å². The maximum absolute atomic E-state index is 14.0. The molecule has 2 unspecified atom stereocenters. The molecule has 5 rings (SSSR count). The minimum Gasteiger partial charge on any atom is -0.383 e. The number of benzene rings is 3. The summed E-state index contributed by atoms with van der Waals surface area (Å²) in [5.74, 6) is -0.744. The summed E-state index contributed by atoms with van der Waals surface area (Å²) in [6.07, 6.45) is 2.05. The molecular weight excluding hydrogens is 450 g/mol. The van der Waals surface area contributed by atoms with E-state index in [1.54, 1.807) is 7.11 Å². The zero-order valence-electron chi connectivity index (χ0n) is 20.9. The first-order valence-electron chi connectivity index (χ1n) is 12.3. The number of fused-ring (bicyclic) bond motifs is 2. The van der Waals surface area contributed by atoms with E-state index >= 15 is 0 Å². The first kappa shape index (κ1) is 23.8. The van der Waals surface area contributed by atoms with Crippen LogP contribution in [0.5, 0.6) is 0 Å². The van der Waals surface area contributed by atoms with Gasteiger partial charge >= 0.3 is 0 Å². The SMILES string of the molecule is COCCN1C(=O)c2ccccc2C(C(=O)NCc2ccc(C)cc2)C1c1cn(C)c2ccccc12. The molecule has 0 fully saturated rings. The molecule has 2 heterocycles. The fourth-order valence-electron chi connectivity index (χ4n) is 5.27. The highest BCUT2D eigenvalue weighted by Gasteiger charge is 2.44. The fourth-order valence-corrected chi connectivity index (χ4v) is 5.27. The van der Waals surface area contributed by atoms with Crippen molar-refractivity contribution in [2.75, 3.05) is 20.3 Å². The van der Waals surface area contributed by atoms with Gasteiger partial charge in [0.25, 0.3) is 5.91 Å². The number of nitrogens with one attached hydrogen (secondary N) is 1. The van der Waals surface area contributed by atoms with E-state index in [0.717, 1.165) is 27.6 Å². The topological polar surface area (TPSA) is 63.6 Å². The van der Waals surface area contributed by atoms with Gasteiger partial charge in [-0.2, -0.15) is 0 Å². The summed E-state index contributed by atoms with van der Waals surface area (Å²) >= 11 is 0. The smallest absolute Gasteiger partial charge is 0.254 e. The molecule has 3 aromatic carbocycles. The number of hydrogen-bond donors (Lipinski definition) is 1. The number of para-hydroxylation sites is 1. The Morgan fingerprint density at radius 2 is 1.69 bits per heavy atom. The third kappa shape index (κ3) is 4.29. The molecule has 6 nitrogen and oxygen atoms in total. The number of methoxy groups -OCH3 is 1. The highest BCUT2D eigenvalue weighted by molar-refractivity contribution is 6.02. The lowest BCUT2D eigenvalue weighted by Gasteiger charge is -2.41. The van der Waals surface area contributed by atoms with E-state index < -0.39 is 12.0 Å². The number of rotatable bonds is 7. The van der Waals surface area contributed by atoms with E-state index in [2.05, 4.69) is 28.2 Å². The van der Waals surface area contributed by atoms with Gasteiger partial charge in [0, 0.05) is 55.5 Å². The number of aromatic nitrogens is 1. The third-order valence-electron chi connectivity index (χ3n) is 7.09. The Morgan fingerprint density at radius 3 is 2.47 bits per heavy atom. The standard InChI is InChI=1S/C30H31N3O3/c1-20-12-14-21(15-13-20)18-31-29(34)27-23-9-4-5-10-24(23)30(35)33(16-17-36-3)28(27)25-19-32(2)26-11-7-6-8-22(25)26/h4-15,19,27-28H,16-18H2,1-3H3,(H,31,34). The summed E-state index contributed by atoms with van der Waals surface area (Å²) in [6, 6.07) is 23.3. The molecule has 1 aliphatic rings. The molecule has 36 heavy (non-hydrogen) atoms. The number of amides is 2. The van der Waals surface area contributed by atoms with Crippen LogP contribution >= 0.6 is 0 Å². The minimum absolute atomic E-state index is 0.0804. The Labute approximate surface area is 211 Å². The lowest BCUT2D eigenvalue weighted by molar-refractivity contribution is -0.124. The molecule has 0 saturated carbocycles. The maximum Gasteiger partial charge on any atom is 0.254 e. The third-order valence-corrected chi connectivity index (χ3v) is 7.09. The summed E-state index contributed by atoms with van der Waals surface area (Å²) in [7, 11) is 3.62. The van der Waals surface area contributed by atoms with E-state index in [0.29, 0.717) is 25.3 Å². The Morgan fingerprint density at radius 1 is 0.972 bits per heavy atom. The quantitative estimate of drug-likeness (QED) is 0.415. The number of carbonyl (C=O) groups is 2. The average Bonchev–Trinajstić information content (AvgIpc) is 3.23. The van der Waals surface area contributed by atoms with Crippen molar-refractivity contribution in [2.24, 2.45) is 7.05 Å². The van der Waals surface area contributed by atoms with Gasteiger partial charge in [0.05, 0.1) is 18.6 Å². The average molecular weight is 482 g/mol. The van der Waals surface area contributed by atoms with Crippen LogP contribution in [0.25, 0.3) is 10.9 Å². The van der Waals surface area contributed by atoms with E-state index in [1.807, 2.05) is 79.5 Å². The summed E-state index contributed by atoms with van der Waals surface area (Å²) in [5, 5.41) is 4.20. The van der Waals surface area contributed by atoms with Crippen molar-refractivity contribution in [2.45, 2.75) is 25.4 Å². The molecule has 0 bridgehead atoms. The molecule has 4 aromatic rings. The molecule has 0 saturated heterocycles. The largest absolute Gasteiger partial charge is 0.383 e. The highest BCUT2D eigenvalue weighted by atomic mass is 16.5. The van der Waals surface area contributed by atoms with Gasteiger partial charge in [0.15, 0.2) is 0 Å². The van der Waals surface area contributed by atoms with E-state index in [1.165, 1.54) is 5.56 Å². The van der Waals surface area contributed by atoms with E-state index in [9.17, 15) is 9.59 Å². The van der Waals surface area contributed by atoms with Crippen LogP contribution in [0.15, 0.2) is 79.0 Å². The van der Waals surface area contributed by atoms with Crippen LogP contribution in [0, 0.1) is 6.92 Å². The van der Waals surface area contributed by atoms with Gasteiger partial charge in [-0.25, -0.2) is 0 Å². The van der Waals surface area contributed by atoms with Crippen molar-refractivity contribution in [3.05, 3.63) is 107 Å². The highest BCUT2D eigenvalue weighted by Crippen LogP contribution is 2.45. The van der Waals surface area contributed by atoms with Crippen LogP contribution in [-0.2, 0) is 23.1 Å². The summed E-state index contributed by atoms with van der Waals surface area (Å²) in [6.45, 7) is 3.24. The monoisotopic (exact) mass is 481 g/mol. The Kier molecular flexibility index (Phi) is 6.61. The van der Waals surface area contributed by atoms with Gasteiger partial charge in [0.1, 0.15) is 0 Å². The van der Waals surface area contributed by atoms with Crippen LogP contribution in [0.4, 0.5) is 0 Å². The van der Waals surface area contributed by atoms with Crippen LogP contribution in [0.2, 0.25) is 0 Å². The predicted molar refractivity (Wildman–Crippen MR) is 141 cm³/mol. The van der Waals surface area contributed by atoms with Gasteiger partial charge in [-0.15, -0.1) is 0 Å². The van der Waals surface area contributed by atoms with E-state index in [-0.39, 0.29) is 11.8 Å². The van der Waals surface area contributed by atoms with Crippen LogP contribution in [-0.4, -0.2) is 41.5 Å². The van der Waals surface area contributed by atoms with Gasteiger partial charge in [0.2, 0.25) is 5.91 Å². The molecule has 2 atom stereocenters. The molecule has 2 amide bonds. The first-order chi connectivity index (χ1) is 17.5. The summed E-state index contributed by atoms with van der Waals surface area (Å²) in [4.78, 5) is 29.5. The van der Waals surface area contributed by atoms with Crippen molar-refractivity contribution >= 4 is 22.7 Å². The predicted octanol–water partition coefficient (Wildman–Crippen LogP) is 4.73. The Balaban J connectivity index is 1.62. The van der Waals surface area contributed by atoms with Gasteiger partial charge in [-0.3, -0.25) is 9.59 Å². The van der Waals surface area contributed by atoms with Crippen LogP contribution in [0.1, 0.15) is 44.6 Å². The lowest BCUT2D eigenvalue weighted by atomic mass is 9.79. The van der Waals surface area contributed by atoms with Crippen molar-refractivity contribution in [1.29, 1.82) is 0 Å². The number of carbonyl (C=O) groups excluding carboxylic acids is 2.